The molecule has 4 nitrogen and oxygen atoms in total. The minimum Gasteiger partial charge on any atom is -0.455 e. The van der Waals surface area contributed by atoms with Gasteiger partial charge in [0, 0.05) is 33.9 Å². The number of benzene rings is 7. The summed E-state index contributed by atoms with van der Waals surface area (Å²) in [6, 6.07) is 58.8. The molecule has 0 saturated heterocycles. The van der Waals surface area contributed by atoms with E-state index in [1.807, 2.05) is 36.4 Å². The highest BCUT2D eigenvalue weighted by Gasteiger charge is 2.29. The van der Waals surface area contributed by atoms with Gasteiger partial charge in [0.2, 0.25) is 0 Å². The van der Waals surface area contributed by atoms with Gasteiger partial charge in [-0.1, -0.05) is 109 Å². The van der Waals surface area contributed by atoms with E-state index in [1.54, 1.807) is 11.8 Å². The first-order valence-corrected chi connectivity index (χ1v) is 16.4. The molecule has 0 unspecified atom stereocenters. The van der Waals surface area contributed by atoms with E-state index in [-0.39, 0.29) is 0 Å². The van der Waals surface area contributed by atoms with Gasteiger partial charge in [-0.2, -0.15) is 0 Å². The molecule has 0 bridgehead atoms. The molecule has 47 heavy (non-hydrogen) atoms. The fraction of sp³-hybridized carbons (Fsp3) is 0. The summed E-state index contributed by atoms with van der Waals surface area (Å²) in [4.78, 5) is 6.70. The second-order valence-electron chi connectivity index (χ2n) is 11.4. The van der Waals surface area contributed by atoms with Crippen LogP contribution in [0.25, 0.3) is 21.9 Å². The Balaban J connectivity index is 1.35. The summed E-state index contributed by atoms with van der Waals surface area (Å²) in [5, 5.41) is 2.17. The van der Waals surface area contributed by atoms with E-state index in [4.69, 9.17) is 9.15 Å². The highest BCUT2D eigenvalue weighted by molar-refractivity contribution is 7.99. The van der Waals surface area contributed by atoms with Gasteiger partial charge in [0.15, 0.2) is 5.58 Å². The van der Waals surface area contributed by atoms with E-state index in [0.717, 1.165) is 77.4 Å². The van der Waals surface area contributed by atoms with Gasteiger partial charge in [-0.05, 0) is 66.7 Å². The number of para-hydroxylation sites is 6. The summed E-state index contributed by atoms with van der Waals surface area (Å²) in [7, 11) is 0. The van der Waals surface area contributed by atoms with Crippen molar-refractivity contribution in [2.45, 2.75) is 9.79 Å². The molecule has 1 aromatic heterocycles. The van der Waals surface area contributed by atoms with Gasteiger partial charge in [0.1, 0.15) is 17.1 Å². The highest BCUT2D eigenvalue weighted by atomic mass is 32.2. The Labute approximate surface area is 277 Å². The first kappa shape index (κ1) is 27.4. The minimum atomic E-state index is 0.802. The van der Waals surface area contributed by atoms with Crippen LogP contribution in [0.1, 0.15) is 0 Å². The molecule has 8 aromatic rings. The molecule has 0 saturated carbocycles. The van der Waals surface area contributed by atoms with E-state index < -0.39 is 0 Å². The van der Waals surface area contributed by atoms with Gasteiger partial charge in [-0.25, -0.2) is 0 Å². The summed E-state index contributed by atoms with van der Waals surface area (Å²) >= 11 is 1.73. The standard InChI is InChI=1S/C42H28N2O2S/c1-4-15-29(16-5-1)43(30-17-6-2-7-18-30)32-27-36(42-39(28-32)45-38-25-12-13-26-40(38)47-42)44(31-19-8-3-9-20-31)35-23-14-22-34-33-21-10-11-24-37(33)46-41(34)35/h1-28H. The third kappa shape index (κ3) is 4.80. The number of anilines is 6. The quantitative estimate of drug-likeness (QED) is 0.184. The predicted octanol–water partition coefficient (Wildman–Crippen LogP) is 12.8. The monoisotopic (exact) mass is 624 g/mol. The van der Waals surface area contributed by atoms with Crippen LogP contribution in [-0.4, -0.2) is 0 Å². The number of fused-ring (bicyclic) bond motifs is 5. The number of hydrogen-bond acceptors (Lipinski definition) is 5. The first-order valence-electron chi connectivity index (χ1n) is 15.6. The van der Waals surface area contributed by atoms with Gasteiger partial charge in [-0.15, -0.1) is 0 Å². The van der Waals surface area contributed by atoms with Crippen molar-refractivity contribution in [2.75, 3.05) is 9.80 Å². The fourth-order valence-electron chi connectivity index (χ4n) is 6.39. The lowest BCUT2D eigenvalue weighted by molar-refractivity contribution is 0.455. The highest BCUT2D eigenvalue weighted by Crippen LogP contribution is 2.56. The smallest absolute Gasteiger partial charge is 0.159 e. The number of furan rings is 1. The molecule has 0 radical (unpaired) electrons. The van der Waals surface area contributed by atoms with Crippen LogP contribution in [0.4, 0.5) is 34.1 Å². The number of nitrogens with zero attached hydrogens (tertiary/aromatic N) is 2. The summed E-state index contributed by atoms with van der Waals surface area (Å²) in [5.41, 5.74) is 7.76. The lowest BCUT2D eigenvalue weighted by Gasteiger charge is -2.33. The van der Waals surface area contributed by atoms with Gasteiger partial charge in [0.05, 0.1) is 26.9 Å². The Morgan fingerprint density at radius 2 is 1.02 bits per heavy atom. The van der Waals surface area contributed by atoms with Gasteiger partial charge >= 0.3 is 0 Å². The molecular weight excluding hydrogens is 597 g/mol. The maximum atomic E-state index is 6.74. The van der Waals surface area contributed by atoms with Crippen molar-refractivity contribution in [1.29, 1.82) is 0 Å². The molecule has 5 heteroatoms. The van der Waals surface area contributed by atoms with Crippen LogP contribution in [0, 0.1) is 0 Å². The summed E-state index contributed by atoms with van der Waals surface area (Å²) in [6.45, 7) is 0. The predicted molar refractivity (Wildman–Crippen MR) is 194 cm³/mol. The number of ether oxygens (including phenoxy) is 1. The Morgan fingerprint density at radius 3 is 1.74 bits per heavy atom. The van der Waals surface area contributed by atoms with E-state index in [0.29, 0.717) is 0 Å². The summed E-state index contributed by atoms with van der Waals surface area (Å²) in [6.07, 6.45) is 0. The molecule has 0 spiro atoms. The maximum absolute atomic E-state index is 6.74. The zero-order valence-electron chi connectivity index (χ0n) is 25.3. The van der Waals surface area contributed by atoms with Crippen molar-refractivity contribution in [3.05, 3.63) is 170 Å². The van der Waals surface area contributed by atoms with Crippen LogP contribution in [0.3, 0.4) is 0 Å². The zero-order valence-corrected chi connectivity index (χ0v) is 26.1. The van der Waals surface area contributed by atoms with Crippen molar-refractivity contribution < 1.29 is 9.15 Å². The molecule has 0 atom stereocenters. The Bertz CT molecular complexity index is 2330. The molecular formula is C42H28N2O2S. The van der Waals surface area contributed by atoms with E-state index >= 15 is 0 Å². The first-order chi connectivity index (χ1) is 23.3. The molecule has 1 aliphatic rings. The van der Waals surface area contributed by atoms with Gasteiger partial charge in [-0.3, -0.25) is 0 Å². The van der Waals surface area contributed by atoms with Crippen molar-refractivity contribution in [3.8, 4) is 11.5 Å². The van der Waals surface area contributed by atoms with Crippen molar-refractivity contribution >= 4 is 67.8 Å². The summed E-state index contributed by atoms with van der Waals surface area (Å²) in [5.74, 6) is 1.65. The normalized spacial score (nSPS) is 11.9. The largest absolute Gasteiger partial charge is 0.455 e. The minimum absolute atomic E-state index is 0.802. The molecule has 0 amide bonds. The molecule has 1 aliphatic heterocycles. The average Bonchev–Trinajstić information content (AvgIpc) is 3.52. The lowest BCUT2D eigenvalue weighted by Crippen LogP contribution is -2.15. The van der Waals surface area contributed by atoms with Crippen LogP contribution >= 0.6 is 11.8 Å². The van der Waals surface area contributed by atoms with Crippen LogP contribution in [-0.2, 0) is 0 Å². The second-order valence-corrected chi connectivity index (χ2v) is 12.4. The van der Waals surface area contributed by atoms with Crippen molar-refractivity contribution in [1.82, 2.24) is 0 Å². The Morgan fingerprint density at radius 1 is 0.426 bits per heavy atom. The molecule has 9 rings (SSSR count). The molecule has 2 heterocycles. The third-order valence-corrected chi connectivity index (χ3v) is 9.64. The van der Waals surface area contributed by atoms with E-state index in [1.165, 1.54) is 0 Å². The topological polar surface area (TPSA) is 28.9 Å². The Kier molecular flexibility index (Phi) is 6.69. The molecule has 224 valence electrons. The molecule has 0 N–H and O–H groups in total. The third-order valence-electron chi connectivity index (χ3n) is 8.47. The molecule has 0 aliphatic carbocycles. The van der Waals surface area contributed by atoms with E-state index in [9.17, 15) is 0 Å². The summed E-state index contributed by atoms with van der Waals surface area (Å²) < 4.78 is 13.4. The lowest BCUT2D eigenvalue weighted by atomic mass is 10.1. The average molecular weight is 625 g/mol. The van der Waals surface area contributed by atoms with E-state index in [2.05, 4.69) is 143 Å². The van der Waals surface area contributed by atoms with Gasteiger partial charge in [0.25, 0.3) is 0 Å². The Hall–Kier alpha value is -5.91. The fourth-order valence-corrected chi connectivity index (χ4v) is 7.42. The van der Waals surface area contributed by atoms with Crippen LogP contribution in [0.2, 0.25) is 0 Å². The second kappa shape index (κ2) is 11.5. The SMILES string of the molecule is c1ccc(N(c2ccccc2)c2cc3c(c(N(c4ccccc4)c4cccc5c4oc4ccccc45)c2)Sc2ccccc2O3)cc1. The molecule has 0 fully saturated rings. The van der Waals surface area contributed by atoms with Crippen molar-refractivity contribution in [2.24, 2.45) is 0 Å². The van der Waals surface area contributed by atoms with Crippen molar-refractivity contribution in [3.63, 3.8) is 0 Å². The van der Waals surface area contributed by atoms with Crippen LogP contribution in [0.15, 0.2) is 184 Å². The van der Waals surface area contributed by atoms with Crippen LogP contribution in [0.5, 0.6) is 11.5 Å². The maximum Gasteiger partial charge on any atom is 0.159 e. The zero-order chi connectivity index (χ0) is 31.2. The van der Waals surface area contributed by atoms with Gasteiger partial charge < -0.3 is 19.0 Å². The number of hydrogen-bond donors (Lipinski definition) is 0. The molecule has 7 aromatic carbocycles. The van der Waals surface area contributed by atoms with Crippen LogP contribution < -0.4 is 14.5 Å². The number of rotatable bonds is 6.